The molecule has 0 aromatic heterocycles. The van der Waals surface area contributed by atoms with Crippen molar-refractivity contribution in [2.45, 2.75) is 19.4 Å². The van der Waals surface area contributed by atoms with E-state index in [-0.39, 0.29) is 0 Å². The fourth-order valence-electron chi connectivity index (χ4n) is 0.890. The normalized spacial score (nSPS) is 11.3. The second-order valence-corrected chi connectivity index (χ2v) is 2.90. The molecule has 0 unspecified atom stereocenters. The molecule has 0 rings (SSSR count). The Morgan fingerprint density at radius 3 is 2.67 bits per heavy atom. The van der Waals surface area contributed by atoms with Crippen molar-refractivity contribution >= 4 is 11.8 Å². The Labute approximate surface area is 88.6 Å². The number of nitrogens with one attached hydrogen (secondary N) is 2. The molecule has 0 fully saturated rings. The van der Waals surface area contributed by atoms with Gasteiger partial charge >= 0.3 is 0 Å². The number of nitrogens with zero attached hydrogens (tertiary/aromatic N) is 1. The molecule has 0 bridgehead atoms. The largest absolute Gasteiger partial charge is 0.385 e. The van der Waals surface area contributed by atoms with Gasteiger partial charge in [-0.1, -0.05) is 0 Å². The van der Waals surface area contributed by atoms with Crippen LogP contribution in [0.25, 0.3) is 0 Å². The Kier molecular flexibility index (Phi) is 6.93. The monoisotopic (exact) mass is 213 g/mol. The Bertz CT molecular complexity index is 260. The van der Waals surface area contributed by atoms with E-state index in [1.807, 2.05) is 0 Å². The van der Waals surface area contributed by atoms with Crippen molar-refractivity contribution in [3.8, 4) is 6.07 Å². The number of hydrogen-bond acceptors (Lipinski definition) is 4. The molecule has 15 heavy (non-hydrogen) atoms. The molecule has 2 amide bonds. The van der Waals surface area contributed by atoms with Crippen LogP contribution in [0.3, 0.4) is 0 Å². The lowest BCUT2D eigenvalue weighted by Crippen LogP contribution is -2.45. The van der Waals surface area contributed by atoms with Gasteiger partial charge in [0.15, 0.2) is 6.04 Å². The number of rotatable bonds is 6. The topological polar surface area (TPSA) is 91.2 Å². The predicted molar refractivity (Wildman–Crippen MR) is 52.7 cm³/mol. The molecule has 6 heteroatoms. The van der Waals surface area contributed by atoms with Crippen molar-refractivity contribution in [2.75, 3.05) is 20.3 Å². The Hall–Kier alpha value is -1.61. The molecule has 0 aliphatic rings. The Morgan fingerprint density at radius 2 is 2.20 bits per heavy atom. The predicted octanol–water partition coefficient (Wildman–Crippen LogP) is -0.833. The first-order valence-corrected chi connectivity index (χ1v) is 4.55. The number of methoxy groups -OCH3 is 1. The van der Waals surface area contributed by atoms with E-state index in [9.17, 15) is 9.59 Å². The van der Waals surface area contributed by atoms with E-state index in [2.05, 4.69) is 10.6 Å². The molecule has 0 aliphatic heterocycles. The smallest absolute Gasteiger partial charge is 0.257 e. The second-order valence-electron chi connectivity index (χ2n) is 2.90. The highest BCUT2D eigenvalue weighted by molar-refractivity contribution is 5.89. The zero-order valence-corrected chi connectivity index (χ0v) is 8.87. The summed E-state index contributed by atoms with van der Waals surface area (Å²) in [5.41, 5.74) is 0. The highest BCUT2D eigenvalue weighted by Crippen LogP contribution is 1.84. The average Bonchev–Trinajstić information content (AvgIpc) is 2.20. The summed E-state index contributed by atoms with van der Waals surface area (Å²) in [7, 11) is 1.57. The van der Waals surface area contributed by atoms with Gasteiger partial charge in [0.25, 0.3) is 5.91 Å². The molecule has 0 heterocycles. The van der Waals surface area contributed by atoms with Crippen LogP contribution in [0, 0.1) is 11.3 Å². The lowest BCUT2D eigenvalue weighted by molar-refractivity contribution is -0.126. The van der Waals surface area contributed by atoms with E-state index < -0.39 is 17.9 Å². The third-order valence-corrected chi connectivity index (χ3v) is 1.56. The molecule has 0 aromatic carbocycles. The molecule has 0 saturated carbocycles. The first-order valence-electron chi connectivity index (χ1n) is 4.55. The summed E-state index contributed by atoms with van der Waals surface area (Å²) in [5.74, 6) is -0.905. The number of carbonyl (C=O) groups excluding carboxylic acids is 2. The fraction of sp³-hybridized carbons (Fsp3) is 0.667. The maximum absolute atomic E-state index is 11.3. The van der Waals surface area contributed by atoms with Crippen LogP contribution in [-0.4, -0.2) is 38.1 Å². The minimum atomic E-state index is -1.12. The third-order valence-electron chi connectivity index (χ3n) is 1.56. The van der Waals surface area contributed by atoms with Gasteiger partial charge in [0, 0.05) is 27.2 Å². The highest BCUT2D eigenvalue weighted by atomic mass is 16.5. The minimum Gasteiger partial charge on any atom is -0.385 e. The van der Waals surface area contributed by atoms with Crippen LogP contribution >= 0.6 is 0 Å². The van der Waals surface area contributed by atoms with Crippen molar-refractivity contribution in [3.05, 3.63) is 0 Å². The van der Waals surface area contributed by atoms with E-state index in [0.29, 0.717) is 19.6 Å². The number of carbonyl (C=O) groups is 2. The quantitative estimate of drug-likeness (QED) is 0.563. The van der Waals surface area contributed by atoms with Crippen LogP contribution in [0.4, 0.5) is 0 Å². The summed E-state index contributed by atoms with van der Waals surface area (Å²) < 4.78 is 4.79. The van der Waals surface area contributed by atoms with Crippen molar-refractivity contribution in [1.29, 1.82) is 5.26 Å². The minimum absolute atomic E-state index is 0.409. The van der Waals surface area contributed by atoms with E-state index in [4.69, 9.17) is 10.00 Å². The fourth-order valence-corrected chi connectivity index (χ4v) is 0.890. The summed E-state index contributed by atoms with van der Waals surface area (Å²) >= 11 is 0. The molecule has 6 nitrogen and oxygen atoms in total. The van der Waals surface area contributed by atoms with Gasteiger partial charge in [-0.05, 0) is 6.42 Å². The maximum atomic E-state index is 11.3. The molecular formula is C9H15N3O3. The molecular weight excluding hydrogens is 198 g/mol. The summed E-state index contributed by atoms with van der Waals surface area (Å²) in [6.45, 7) is 2.21. The lowest BCUT2D eigenvalue weighted by Gasteiger charge is -2.10. The van der Waals surface area contributed by atoms with Gasteiger partial charge in [-0.2, -0.15) is 5.26 Å². The number of amides is 2. The van der Waals surface area contributed by atoms with Gasteiger partial charge in [-0.3, -0.25) is 9.59 Å². The summed E-state index contributed by atoms with van der Waals surface area (Å²) in [6.07, 6.45) is 0.667. The first kappa shape index (κ1) is 13.4. The van der Waals surface area contributed by atoms with E-state index in [1.165, 1.54) is 6.92 Å². The second kappa shape index (κ2) is 7.76. The standard InChI is InChI=1S/C9H15N3O3/c1-7(13)12-8(6-10)9(14)11-4-3-5-15-2/h8H,3-5H2,1-2H3,(H,11,14)(H,12,13)/t8-/m0/s1. The van der Waals surface area contributed by atoms with Crippen LogP contribution in [-0.2, 0) is 14.3 Å². The van der Waals surface area contributed by atoms with Crippen LogP contribution in [0.1, 0.15) is 13.3 Å². The van der Waals surface area contributed by atoms with Gasteiger partial charge in [-0.25, -0.2) is 0 Å². The van der Waals surface area contributed by atoms with Gasteiger partial charge in [0.1, 0.15) is 0 Å². The molecule has 84 valence electrons. The Balaban J connectivity index is 3.85. The highest BCUT2D eigenvalue weighted by Gasteiger charge is 2.17. The average molecular weight is 213 g/mol. The molecule has 0 aromatic rings. The molecule has 2 N–H and O–H groups in total. The van der Waals surface area contributed by atoms with Crippen LogP contribution < -0.4 is 10.6 Å². The van der Waals surface area contributed by atoms with Crippen molar-refractivity contribution in [1.82, 2.24) is 10.6 Å². The van der Waals surface area contributed by atoms with Crippen LogP contribution in [0.5, 0.6) is 0 Å². The number of nitriles is 1. The zero-order valence-electron chi connectivity index (χ0n) is 8.87. The van der Waals surface area contributed by atoms with Crippen LogP contribution in [0.2, 0.25) is 0 Å². The van der Waals surface area contributed by atoms with Crippen molar-refractivity contribution < 1.29 is 14.3 Å². The molecule has 0 radical (unpaired) electrons. The summed E-state index contributed by atoms with van der Waals surface area (Å²) in [6, 6.07) is 0.578. The summed E-state index contributed by atoms with van der Waals surface area (Å²) in [4.78, 5) is 21.9. The maximum Gasteiger partial charge on any atom is 0.257 e. The van der Waals surface area contributed by atoms with Gasteiger partial charge in [-0.15, -0.1) is 0 Å². The molecule has 0 spiro atoms. The molecule has 0 saturated heterocycles. The third kappa shape index (κ3) is 6.46. The number of ether oxygens (including phenoxy) is 1. The lowest BCUT2D eigenvalue weighted by atomic mass is 10.3. The first-order chi connectivity index (χ1) is 7.11. The van der Waals surface area contributed by atoms with Crippen molar-refractivity contribution in [2.24, 2.45) is 0 Å². The van der Waals surface area contributed by atoms with E-state index in [0.717, 1.165) is 0 Å². The SMILES string of the molecule is COCCCNC(=O)[C@H](C#N)NC(C)=O. The van der Waals surface area contributed by atoms with Gasteiger partial charge in [0.2, 0.25) is 5.91 Å². The summed E-state index contributed by atoms with van der Waals surface area (Å²) in [5, 5.41) is 13.3. The molecule has 0 aliphatic carbocycles. The number of hydrogen-bond donors (Lipinski definition) is 2. The van der Waals surface area contributed by atoms with E-state index >= 15 is 0 Å². The zero-order chi connectivity index (χ0) is 11.7. The molecule has 1 atom stereocenters. The van der Waals surface area contributed by atoms with Gasteiger partial charge < -0.3 is 15.4 Å². The van der Waals surface area contributed by atoms with Gasteiger partial charge in [0.05, 0.1) is 6.07 Å². The van der Waals surface area contributed by atoms with Crippen molar-refractivity contribution in [3.63, 3.8) is 0 Å². The van der Waals surface area contributed by atoms with Crippen LogP contribution in [0.15, 0.2) is 0 Å². The van der Waals surface area contributed by atoms with E-state index in [1.54, 1.807) is 13.2 Å². The Morgan fingerprint density at radius 1 is 1.53 bits per heavy atom.